The van der Waals surface area contributed by atoms with Crippen LogP contribution in [0.1, 0.15) is 89.8 Å². The lowest BCUT2D eigenvalue weighted by Crippen LogP contribution is -2.37. The minimum Gasteiger partial charge on any atom is -0.445 e. The van der Waals surface area contributed by atoms with Gasteiger partial charge in [0.1, 0.15) is 12.4 Å². The summed E-state index contributed by atoms with van der Waals surface area (Å²) in [5.74, 6) is 0.814. The molecule has 2 amide bonds. The van der Waals surface area contributed by atoms with Gasteiger partial charge in [-0.1, -0.05) is 58.0 Å². The minimum atomic E-state index is -4.32. The van der Waals surface area contributed by atoms with Gasteiger partial charge in [-0.25, -0.2) is 9.78 Å². The summed E-state index contributed by atoms with van der Waals surface area (Å²) in [5, 5.41) is 12.7. The highest BCUT2D eigenvalue weighted by molar-refractivity contribution is 5.87. The third kappa shape index (κ3) is 14.2. The molecule has 0 saturated carbocycles. The Morgan fingerprint density at radius 2 is 1.83 bits per heavy atom. The standard InChI is InChI=1S/C19H24F3N3O2.C8H14N2O.C2H6.C2H2/c1-13-23-11-16(24-13)15(9-10-18(2,3)19(20,21)22)25-17(26)27-12-14-7-5-4-6-8-14;1-6(9)5-7-3-2-4-10-8(7)11;2*1-2/h4-8,11,15H,9-10,12H2,1-3H3,(H,23,24)(H,25,26);7,9H,2-5H2,1H3,(H,10,11);1-2H3;1-2H. The van der Waals surface area contributed by atoms with E-state index >= 15 is 0 Å². The zero-order valence-electron chi connectivity index (χ0n) is 25.5. The lowest BCUT2D eigenvalue weighted by atomic mass is 9.85. The van der Waals surface area contributed by atoms with Crippen LogP contribution in [0.5, 0.6) is 0 Å². The number of hydrogen-bond acceptors (Lipinski definition) is 5. The van der Waals surface area contributed by atoms with Crippen LogP contribution in [0.3, 0.4) is 0 Å². The van der Waals surface area contributed by atoms with Crippen molar-refractivity contribution in [2.24, 2.45) is 11.3 Å². The van der Waals surface area contributed by atoms with Gasteiger partial charge < -0.3 is 25.8 Å². The number of halogens is 3. The second-order valence-corrected chi connectivity index (χ2v) is 10.2. The van der Waals surface area contributed by atoms with Crippen LogP contribution in [0.25, 0.3) is 0 Å². The molecule has 0 spiro atoms. The van der Waals surface area contributed by atoms with Crippen molar-refractivity contribution in [3.63, 3.8) is 0 Å². The molecule has 234 valence electrons. The molecule has 42 heavy (non-hydrogen) atoms. The Bertz CT molecular complexity index is 1100. The highest BCUT2D eigenvalue weighted by atomic mass is 19.4. The Balaban J connectivity index is 0.000000931. The van der Waals surface area contributed by atoms with Crippen molar-refractivity contribution in [2.75, 3.05) is 6.54 Å². The fourth-order valence-corrected chi connectivity index (χ4v) is 3.88. The van der Waals surface area contributed by atoms with Crippen LogP contribution in [-0.2, 0) is 16.1 Å². The number of carbonyl (C=O) groups is 2. The monoisotopic (exact) mass is 593 g/mol. The van der Waals surface area contributed by atoms with Gasteiger partial charge in [0.2, 0.25) is 5.91 Å². The average Bonchev–Trinajstić information content (AvgIpc) is 3.39. The number of carbonyl (C=O) groups excluding carboxylic acids is 2. The fraction of sp³-hybridized carbons (Fsp3) is 0.548. The molecule has 3 rings (SSSR count). The number of nitrogens with one attached hydrogen (secondary N) is 4. The highest BCUT2D eigenvalue weighted by Gasteiger charge is 2.47. The smallest absolute Gasteiger partial charge is 0.408 e. The predicted molar refractivity (Wildman–Crippen MR) is 160 cm³/mol. The van der Waals surface area contributed by atoms with Crippen LogP contribution in [0.15, 0.2) is 36.5 Å². The molecule has 2 aromatic rings. The van der Waals surface area contributed by atoms with Crippen molar-refractivity contribution in [3.8, 4) is 12.8 Å². The molecule has 0 radical (unpaired) electrons. The van der Waals surface area contributed by atoms with Crippen LogP contribution < -0.4 is 10.6 Å². The lowest BCUT2D eigenvalue weighted by molar-refractivity contribution is -0.214. The largest absolute Gasteiger partial charge is 0.445 e. The van der Waals surface area contributed by atoms with Crippen LogP contribution in [-0.4, -0.2) is 40.4 Å². The van der Waals surface area contributed by atoms with E-state index in [-0.39, 0.29) is 31.3 Å². The molecule has 0 aliphatic carbocycles. The van der Waals surface area contributed by atoms with Crippen LogP contribution in [0.2, 0.25) is 0 Å². The maximum absolute atomic E-state index is 13.1. The first-order valence-electron chi connectivity index (χ1n) is 14.0. The zero-order valence-corrected chi connectivity index (χ0v) is 25.5. The molecular weight excluding hydrogens is 547 g/mol. The second kappa shape index (κ2) is 19.3. The van der Waals surface area contributed by atoms with Gasteiger partial charge in [-0.2, -0.15) is 13.2 Å². The van der Waals surface area contributed by atoms with Crippen LogP contribution >= 0.6 is 0 Å². The number of rotatable bonds is 9. The number of piperidine rings is 1. The van der Waals surface area contributed by atoms with E-state index < -0.39 is 23.7 Å². The number of H-pyrrole nitrogens is 1. The van der Waals surface area contributed by atoms with E-state index in [4.69, 9.17) is 10.1 Å². The molecule has 11 heteroatoms. The van der Waals surface area contributed by atoms with E-state index in [0.29, 0.717) is 23.7 Å². The van der Waals surface area contributed by atoms with Crippen molar-refractivity contribution in [3.05, 3.63) is 53.6 Å². The summed E-state index contributed by atoms with van der Waals surface area (Å²) in [6.07, 6.45) is 7.07. The molecule has 4 N–H and O–H groups in total. The lowest BCUT2D eigenvalue weighted by Gasteiger charge is -2.29. The Morgan fingerprint density at radius 3 is 2.33 bits per heavy atom. The van der Waals surface area contributed by atoms with Crippen LogP contribution in [0, 0.1) is 36.5 Å². The molecular formula is C31H46F3N5O3. The van der Waals surface area contributed by atoms with Crippen LogP contribution in [0.4, 0.5) is 18.0 Å². The number of nitrogens with zero attached hydrogens (tertiary/aromatic N) is 1. The Hall–Kier alpha value is -3.81. The van der Waals surface area contributed by atoms with Crippen molar-refractivity contribution in [1.29, 1.82) is 5.41 Å². The van der Waals surface area contributed by atoms with Gasteiger partial charge in [-0.15, -0.1) is 12.8 Å². The van der Waals surface area contributed by atoms with Gasteiger partial charge in [-0.3, -0.25) is 4.79 Å². The molecule has 1 saturated heterocycles. The Morgan fingerprint density at radius 1 is 1.21 bits per heavy atom. The first-order chi connectivity index (χ1) is 19.8. The SMILES string of the molecule is C#C.CC.CC(=N)CC1CCCNC1=O.Cc1ncc(C(CCC(C)(C)C(F)(F)F)NC(=O)OCc2ccccc2)[nH]1. The summed E-state index contributed by atoms with van der Waals surface area (Å²) < 4.78 is 44.6. The Kier molecular flexibility index (Phi) is 17.6. The maximum atomic E-state index is 13.1. The number of alkyl halides is 3. The molecule has 0 bridgehead atoms. The van der Waals surface area contributed by atoms with E-state index in [2.05, 4.69) is 33.4 Å². The highest BCUT2D eigenvalue weighted by Crippen LogP contribution is 2.42. The molecule has 1 aromatic carbocycles. The van der Waals surface area contributed by atoms with E-state index in [9.17, 15) is 22.8 Å². The van der Waals surface area contributed by atoms with E-state index in [1.165, 1.54) is 6.20 Å². The minimum absolute atomic E-state index is 0.0706. The summed E-state index contributed by atoms with van der Waals surface area (Å²) in [7, 11) is 0. The molecule has 2 heterocycles. The van der Waals surface area contributed by atoms with Crippen molar-refractivity contribution >= 4 is 17.7 Å². The topological polar surface area (TPSA) is 120 Å². The van der Waals surface area contributed by atoms with Crippen molar-refractivity contribution in [1.82, 2.24) is 20.6 Å². The van der Waals surface area contributed by atoms with Gasteiger partial charge in [-0.05, 0) is 51.5 Å². The van der Waals surface area contributed by atoms with E-state index in [1.807, 2.05) is 44.2 Å². The summed E-state index contributed by atoms with van der Waals surface area (Å²) in [5.41, 5.74) is 0.102. The molecule has 1 aliphatic rings. The van der Waals surface area contributed by atoms with Gasteiger partial charge in [0.05, 0.1) is 23.3 Å². The average molecular weight is 594 g/mol. The maximum Gasteiger partial charge on any atom is 0.408 e. The number of ether oxygens (including phenoxy) is 1. The fourth-order valence-electron chi connectivity index (χ4n) is 3.88. The zero-order chi connectivity index (χ0) is 32.3. The van der Waals surface area contributed by atoms with Crippen molar-refractivity contribution < 1.29 is 27.5 Å². The molecule has 2 unspecified atom stereocenters. The van der Waals surface area contributed by atoms with Gasteiger partial charge in [0.25, 0.3) is 0 Å². The number of alkyl carbamates (subject to hydrolysis) is 1. The summed E-state index contributed by atoms with van der Waals surface area (Å²) in [6.45, 7) is 10.7. The number of aryl methyl sites for hydroxylation is 1. The third-order valence-electron chi connectivity index (χ3n) is 6.38. The summed E-state index contributed by atoms with van der Waals surface area (Å²) in [4.78, 5) is 30.3. The first kappa shape index (κ1) is 38.2. The number of amides is 2. The van der Waals surface area contributed by atoms with E-state index in [1.54, 1.807) is 13.8 Å². The van der Waals surface area contributed by atoms with Gasteiger partial charge in [0, 0.05) is 18.2 Å². The predicted octanol–water partition coefficient (Wildman–Crippen LogP) is 7.27. The third-order valence-corrected chi connectivity index (χ3v) is 6.38. The summed E-state index contributed by atoms with van der Waals surface area (Å²) >= 11 is 0. The molecule has 2 atom stereocenters. The van der Waals surface area contributed by atoms with Gasteiger partial charge >= 0.3 is 12.3 Å². The van der Waals surface area contributed by atoms with E-state index in [0.717, 1.165) is 38.8 Å². The molecule has 8 nitrogen and oxygen atoms in total. The van der Waals surface area contributed by atoms with Crippen molar-refractivity contribution in [2.45, 2.75) is 92.5 Å². The normalized spacial score (nSPS) is 15.1. The second-order valence-electron chi connectivity index (χ2n) is 10.2. The number of hydrogen-bond donors (Lipinski definition) is 4. The number of aromatic nitrogens is 2. The number of terminal acetylenes is 1. The quantitative estimate of drug-likeness (QED) is 0.180. The molecule has 1 fully saturated rings. The number of aromatic amines is 1. The summed E-state index contributed by atoms with van der Waals surface area (Å²) in [6, 6.07) is 8.47. The first-order valence-corrected chi connectivity index (χ1v) is 14.0. The van der Waals surface area contributed by atoms with Gasteiger partial charge in [0.15, 0.2) is 0 Å². The number of benzene rings is 1. The Labute approximate surface area is 248 Å². The molecule has 1 aromatic heterocycles. The molecule has 1 aliphatic heterocycles. The number of imidazole rings is 1.